The molecule has 0 fully saturated rings. The molecule has 1 heterocycles. The van der Waals surface area contributed by atoms with Crippen LogP contribution in [0.25, 0.3) is 0 Å². The molecule has 1 aliphatic heterocycles. The van der Waals surface area contributed by atoms with E-state index in [4.69, 9.17) is 15.2 Å². The molecule has 0 radical (unpaired) electrons. The predicted octanol–water partition coefficient (Wildman–Crippen LogP) is -0.654. The van der Waals surface area contributed by atoms with Crippen molar-refractivity contribution in [1.82, 2.24) is 4.90 Å². The van der Waals surface area contributed by atoms with E-state index in [1.807, 2.05) is 6.92 Å². The molecule has 0 aromatic carbocycles. The molecule has 1 rings (SSSR count). The van der Waals surface area contributed by atoms with E-state index in [-0.39, 0.29) is 6.54 Å². The Morgan fingerprint density at radius 1 is 1.53 bits per heavy atom. The van der Waals surface area contributed by atoms with Crippen molar-refractivity contribution in [2.45, 2.75) is 38.6 Å². The molecule has 7 heteroatoms. The van der Waals surface area contributed by atoms with Gasteiger partial charge >= 0.3 is 11.9 Å². The van der Waals surface area contributed by atoms with Crippen molar-refractivity contribution >= 4 is 11.9 Å². The maximum Gasteiger partial charge on any atom is 0.347 e. The number of esters is 2. The van der Waals surface area contributed by atoms with Crippen molar-refractivity contribution in [2.24, 2.45) is 5.73 Å². The first-order chi connectivity index (χ1) is 8.95. The molecule has 0 saturated heterocycles. The third kappa shape index (κ3) is 4.53. The Labute approximate surface area is 112 Å². The zero-order valence-corrected chi connectivity index (χ0v) is 11.1. The minimum atomic E-state index is -0.962. The summed E-state index contributed by atoms with van der Waals surface area (Å²) in [6, 6.07) is -0.528. The number of aliphatic hydroxyl groups is 1. The number of nitrogens with two attached hydrogens (primary N) is 1. The summed E-state index contributed by atoms with van der Waals surface area (Å²) in [4.78, 5) is 24.3. The highest BCUT2D eigenvalue weighted by Gasteiger charge is 2.27. The molecule has 7 nitrogen and oxygen atoms in total. The molecular weight excluding hydrogens is 252 g/mol. The lowest BCUT2D eigenvalue weighted by Crippen LogP contribution is -2.42. The normalized spacial score (nSPS) is 23.3. The summed E-state index contributed by atoms with van der Waals surface area (Å²) >= 11 is 0. The van der Waals surface area contributed by atoms with E-state index in [0.717, 1.165) is 0 Å². The number of ether oxygens (including phenoxy) is 2. The van der Waals surface area contributed by atoms with Gasteiger partial charge < -0.3 is 25.2 Å². The molecule has 3 N–H and O–H groups in total. The van der Waals surface area contributed by atoms with E-state index in [1.54, 1.807) is 6.08 Å². The molecule has 3 atom stereocenters. The highest BCUT2D eigenvalue weighted by atomic mass is 16.6. The summed E-state index contributed by atoms with van der Waals surface area (Å²) < 4.78 is 9.76. The highest BCUT2D eigenvalue weighted by molar-refractivity contribution is 5.79. The van der Waals surface area contributed by atoms with Gasteiger partial charge in [-0.25, -0.2) is 4.79 Å². The average molecular weight is 272 g/mol. The zero-order valence-electron chi connectivity index (χ0n) is 11.1. The molecule has 0 spiro atoms. The van der Waals surface area contributed by atoms with Crippen molar-refractivity contribution in [3.05, 3.63) is 12.3 Å². The maximum absolute atomic E-state index is 11.6. The molecular formula is C12H20N2O5. The van der Waals surface area contributed by atoms with Crippen molar-refractivity contribution in [3.8, 4) is 0 Å². The molecule has 0 aliphatic carbocycles. The molecule has 0 saturated carbocycles. The fraction of sp³-hybridized carbons (Fsp3) is 0.667. The van der Waals surface area contributed by atoms with Crippen molar-refractivity contribution < 1.29 is 24.2 Å². The van der Waals surface area contributed by atoms with E-state index < -0.39 is 30.3 Å². The van der Waals surface area contributed by atoms with E-state index in [9.17, 15) is 14.7 Å². The number of aliphatic hydroxyl groups excluding tert-OH is 1. The van der Waals surface area contributed by atoms with Crippen LogP contribution in [0.4, 0.5) is 0 Å². The van der Waals surface area contributed by atoms with Crippen LogP contribution in [0.3, 0.4) is 0 Å². The molecule has 0 aromatic heterocycles. The third-order valence-electron chi connectivity index (χ3n) is 2.58. The summed E-state index contributed by atoms with van der Waals surface area (Å²) in [7, 11) is 0. The van der Waals surface area contributed by atoms with Crippen LogP contribution in [0.15, 0.2) is 12.3 Å². The van der Waals surface area contributed by atoms with Crippen molar-refractivity contribution in [3.63, 3.8) is 0 Å². The topological polar surface area (TPSA) is 102 Å². The SMILES string of the molecule is CCCOC(=O)C(C)OC(=O)CN1C=CC(N)C1O. The van der Waals surface area contributed by atoms with Crippen molar-refractivity contribution in [1.29, 1.82) is 0 Å². The molecule has 3 unspecified atom stereocenters. The van der Waals surface area contributed by atoms with Gasteiger partial charge in [-0.05, 0) is 25.6 Å². The second-order valence-corrected chi connectivity index (χ2v) is 4.30. The van der Waals surface area contributed by atoms with Gasteiger partial charge in [-0.1, -0.05) is 6.92 Å². The molecule has 19 heavy (non-hydrogen) atoms. The molecule has 0 amide bonds. The first kappa shape index (κ1) is 15.5. The van der Waals surface area contributed by atoms with Crippen LogP contribution in [-0.2, 0) is 19.1 Å². The zero-order chi connectivity index (χ0) is 14.4. The largest absolute Gasteiger partial charge is 0.463 e. The third-order valence-corrected chi connectivity index (χ3v) is 2.58. The average Bonchev–Trinajstić information content (AvgIpc) is 2.67. The standard InChI is InChI=1S/C12H20N2O5/c1-3-6-18-12(17)8(2)19-10(15)7-14-5-4-9(13)11(14)16/h4-5,8-9,11,16H,3,6-7,13H2,1-2H3. The summed E-state index contributed by atoms with van der Waals surface area (Å²) in [5.74, 6) is -1.21. The first-order valence-corrected chi connectivity index (χ1v) is 6.19. The Kier molecular flexibility index (Phi) is 5.78. The van der Waals surface area contributed by atoms with Gasteiger partial charge in [-0.3, -0.25) is 4.79 Å². The second-order valence-electron chi connectivity index (χ2n) is 4.30. The molecule has 0 aromatic rings. The van der Waals surface area contributed by atoms with Crippen LogP contribution in [0.1, 0.15) is 20.3 Å². The lowest BCUT2D eigenvalue weighted by Gasteiger charge is -2.23. The molecule has 1 aliphatic rings. The fourth-order valence-corrected chi connectivity index (χ4v) is 1.52. The Hall–Kier alpha value is -1.60. The number of carbonyl (C=O) groups excluding carboxylic acids is 2. The van der Waals surface area contributed by atoms with E-state index in [0.29, 0.717) is 13.0 Å². The fourth-order valence-electron chi connectivity index (χ4n) is 1.52. The van der Waals surface area contributed by atoms with Crippen LogP contribution < -0.4 is 5.73 Å². The summed E-state index contributed by atoms with van der Waals surface area (Å²) in [6.45, 7) is 3.44. The van der Waals surface area contributed by atoms with Gasteiger partial charge in [0.25, 0.3) is 0 Å². The van der Waals surface area contributed by atoms with Gasteiger partial charge in [0.2, 0.25) is 0 Å². The monoisotopic (exact) mass is 272 g/mol. The molecule has 0 bridgehead atoms. The Morgan fingerprint density at radius 2 is 2.21 bits per heavy atom. The van der Waals surface area contributed by atoms with Gasteiger partial charge in [0, 0.05) is 0 Å². The number of nitrogens with zero attached hydrogens (tertiary/aromatic N) is 1. The highest BCUT2D eigenvalue weighted by Crippen LogP contribution is 2.11. The Balaban J connectivity index is 2.35. The minimum absolute atomic E-state index is 0.170. The van der Waals surface area contributed by atoms with Gasteiger partial charge in [0.1, 0.15) is 12.8 Å². The quantitative estimate of drug-likeness (QED) is 0.619. The van der Waals surface area contributed by atoms with Crippen LogP contribution in [0, 0.1) is 0 Å². The smallest absolute Gasteiger partial charge is 0.347 e. The number of hydrogen-bond acceptors (Lipinski definition) is 7. The Bertz CT molecular complexity index is 358. The number of carbonyl (C=O) groups is 2. The van der Waals surface area contributed by atoms with Crippen molar-refractivity contribution in [2.75, 3.05) is 13.2 Å². The predicted molar refractivity (Wildman–Crippen MR) is 66.6 cm³/mol. The van der Waals surface area contributed by atoms with Gasteiger partial charge in [-0.2, -0.15) is 0 Å². The summed E-state index contributed by atoms with van der Waals surface area (Å²) in [5.41, 5.74) is 5.54. The lowest BCUT2D eigenvalue weighted by atomic mass is 10.3. The van der Waals surface area contributed by atoms with Crippen LogP contribution in [0.5, 0.6) is 0 Å². The van der Waals surface area contributed by atoms with Crippen LogP contribution in [0.2, 0.25) is 0 Å². The maximum atomic E-state index is 11.6. The number of rotatable bonds is 6. The first-order valence-electron chi connectivity index (χ1n) is 6.19. The van der Waals surface area contributed by atoms with Gasteiger partial charge in [-0.15, -0.1) is 0 Å². The Morgan fingerprint density at radius 3 is 2.74 bits per heavy atom. The van der Waals surface area contributed by atoms with Gasteiger partial charge in [0.05, 0.1) is 12.6 Å². The van der Waals surface area contributed by atoms with E-state index in [1.165, 1.54) is 18.0 Å². The number of hydrogen-bond donors (Lipinski definition) is 2. The second kappa shape index (κ2) is 7.10. The molecule has 108 valence electrons. The minimum Gasteiger partial charge on any atom is -0.463 e. The van der Waals surface area contributed by atoms with Gasteiger partial charge in [0.15, 0.2) is 6.10 Å². The lowest BCUT2D eigenvalue weighted by molar-refractivity contribution is -0.167. The van der Waals surface area contributed by atoms with Crippen LogP contribution >= 0.6 is 0 Å². The summed E-state index contributed by atoms with van der Waals surface area (Å²) in [5, 5.41) is 9.60. The van der Waals surface area contributed by atoms with E-state index >= 15 is 0 Å². The van der Waals surface area contributed by atoms with Crippen LogP contribution in [-0.4, -0.2) is 53.5 Å². The van der Waals surface area contributed by atoms with E-state index in [2.05, 4.69) is 0 Å². The summed E-state index contributed by atoms with van der Waals surface area (Å²) in [6.07, 6.45) is 1.90.